The molecule has 0 saturated carbocycles. The van der Waals surface area contributed by atoms with E-state index < -0.39 is 0 Å². The van der Waals surface area contributed by atoms with Gasteiger partial charge < -0.3 is 9.73 Å². The van der Waals surface area contributed by atoms with Gasteiger partial charge in [0, 0.05) is 13.1 Å². The van der Waals surface area contributed by atoms with E-state index >= 15 is 0 Å². The van der Waals surface area contributed by atoms with E-state index in [0.717, 1.165) is 17.1 Å². The first-order valence-electron chi connectivity index (χ1n) is 7.97. The second-order valence-electron chi connectivity index (χ2n) is 6.00. The number of nitrogens with zero attached hydrogens (tertiary/aromatic N) is 3. The molecule has 0 spiro atoms. The van der Waals surface area contributed by atoms with Crippen molar-refractivity contribution >= 4 is 17.7 Å². The maximum absolute atomic E-state index is 12.2. The Morgan fingerprint density at radius 3 is 2.79 bits per heavy atom. The van der Waals surface area contributed by atoms with Crippen LogP contribution in [0.3, 0.4) is 0 Å². The molecule has 130 valence electrons. The maximum Gasteiger partial charge on any atom is 0.233 e. The molecule has 0 aromatic carbocycles. The Morgan fingerprint density at radius 1 is 1.46 bits per heavy atom. The van der Waals surface area contributed by atoms with Crippen molar-refractivity contribution in [2.45, 2.75) is 44.6 Å². The summed E-state index contributed by atoms with van der Waals surface area (Å²) in [6.07, 6.45) is 3.42. The van der Waals surface area contributed by atoms with E-state index in [2.05, 4.69) is 35.9 Å². The number of nitrogens with one attached hydrogen (secondary N) is 1. The zero-order valence-corrected chi connectivity index (χ0v) is 15.4. The Kier molecular flexibility index (Phi) is 6.25. The highest BCUT2D eigenvalue weighted by Gasteiger charge is 2.21. The van der Waals surface area contributed by atoms with Gasteiger partial charge in [0.2, 0.25) is 5.91 Å². The Balaban J connectivity index is 2.18. The first-order valence-corrected chi connectivity index (χ1v) is 8.85. The van der Waals surface area contributed by atoms with Crippen molar-refractivity contribution < 1.29 is 9.21 Å². The molecule has 2 aromatic rings. The Morgan fingerprint density at radius 2 is 2.21 bits per heavy atom. The van der Waals surface area contributed by atoms with Crippen LogP contribution in [0.15, 0.2) is 34.6 Å². The van der Waals surface area contributed by atoms with Gasteiger partial charge in [-0.05, 0) is 25.8 Å². The van der Waals surface area contributed by atoms with E-state index in [0.29, 0.717) is 24.2 Å². The molecular weight excluding hydrogens is 324 g/mol. The maximum atomic E-state index is 12.2. The van der Waals surface area contributed by atoms with E-state index in [1.807, 2.05) is 24.5 Å². The number of carbonyl (C=O) groups is 1. The van der Waals surface area contributed by atoms with Gasteiger partial charge in [-0.25, -0.2) is 0 Å². The zero-order chi connectivity index (χ0) is 17.7. The van der Waals surface area contributed by atoms with Crippen LogP contribution in [0.25, 0.3) is 11.4 Å². The van der Waals surface area contributed by atoms with Crippen LogP contribution in [-0.4, -0.2) is 32.5 Å². The largest absolute Gasteiger partial charge is 0.469 e. The van der Waals surface area contributed by atoms with Crippen molar-refractivity contribution in [1.82, 2.24) is 20.1 Å². The molecule has 0 aliphatic rings. The second-order valence-corrected chi connectivity index (χ2v) is 7.30. The number of aryl methyl sites for hydroxylation is 1. The van der Waals surface area contributed by atoms with Crippen LogP contribution in [0.4, 0.5) is 0 Å². The van der Waals surface area contributed by atoms with E-state index in [9.17, 15) is 4.79 Å². The minimum atomic E-state index is -0.255. The molecule has 0 radical (unpaired) electrons. The summed E-state index contributed by atoms with van der Waals surface area (Å²) in [5.41, 5.74) is 0.896. The molecule has 0 aliphatic heterocycles. The molecule has 7 heteroatoms. The molecule has 0 aliphatic carbocycles. The van der Waals surface area contributed by atoms with Crippen LogP contribution in [0, 0.1) is 12.8 Å². The van der Waals surface area contributed by atoms with Gasteiger partial charge in [0.25, 0.3) is 0 Å². The summed E-state index contributed by atoms with van der Waals surface area (Å²) in [7, 11) is 0. The normalized spacial score (nSPS) is 12.4. The third kappa shape index (κ3) is 4.29. The smallest absolute Gasteiger partial charge is 0.233 e. The van der Waals surface area contributed by atoms with E-state index in [-0.39, 0.29) is 11.2 Å². The van der Waals surface area contributed by atoms with E-state index in [1.165, 1.54) is 11.8 Å². The molecule has 0 fully saturated rings. The number of aromatic nitrogens is 3. The molecule has 6 nitrogen and oxygen atoms in total. The zero-order valence-electron chi connectivity index (χ0n) is 14.6. The molecule has 24 heavy (non-hydrogen) atoms. The van der Waals surface area contributed by atoms with Crippen LogP contribution in [0.1, 0.15) is 26.5 Å². The lowest BCUT2D eigenvalue weighted by Gasteiger charge is -2.13. The van der Waals surface area contributed by atoms with Gasteiger partial charge in [-0.15, -0.1) is 16.8 Å². The molecule has 0 bridgehead atoms. The predicted octanol–water partition coefficient (Wildman–Crippen LogP) is 3.29. The van der Waals surface area contributed by atoms with Crippen molar-refractivity contribution in [2.75, 3.05) is 6.54 Å². The number of hydrogen-bond donors (Lipinski definition) is 1. The van der Waals surface area contributed by atoms with Crippen molar-refractivity contribution in [3.8, 4) is 11.4 Å². The summed E-state index contributed by atoms with van der Waals surface area (Å²) in [5.74, 6) is 1.93. The topological polar surface area (TPSA) is 73.0 Å². The predicted molar refractivity (Wildman–Crippen MR) is 95.8 cm³/mol. The molecule has 1 atom stereocenters. The summed E-state index contributed by atoms with van der Waals surface area (Å²) in [6.45, 7) is 12.9. The molecule has 1 N–H and O–H groups in total. The van der Waals surface area contributed by atoms with Gasteiger partial charge in [0.15, 0.2) is 11.0 Å². The lowest BCUT2D eigenvalue weighted by atomic mass is 10.2. The van der Waals surface area contributed by atoms with E-state index in [4.69, 9.17) is 4.42 Å². The highest BCUT2D eigenvalue weighted by Crippen LogP contribution is 2.29. The number of amides is 1. The lowest BCUT2D eigenvalue weighted by molar-refractivity contribution is -0.120. The van der Waals surface area contributed by atoms with Gasteiger partial charge in [0.05, 0.1) is 17.1 Å². The van der Waals surface area contributed by atoms with Crippen LogP contribution >= 0.6 is 11.8 Å². The third-order valence-corrected chi connectivity index (χ3v) is 4.54. The Labute approximate surface area is 146 Å². The number of furan rings is 1. The molecule has 2 rings (SSSR count). The summed E-state index contributed by atoms with van der Waals surface area (Å²) >= 11 is 1.39. The average Bonchev–Trinajstić information content (AvgIpc) is 3.12. The van der Waals surface area contributed by atoms with Crippen molar-refractivity contribution in [1.29, 1.82) is 0 Å². The fraction of sp³-hybridized carbons (Fsp3) is 0.471. The number of allylic oxidation sites excluding steroid dienone is 1. The van der Waals surface area contributed by atoms with Crippen LogP contribution < -0.4 is 5.32 Å². The monoisotopic (exact) mass is 348 g/mol. The minimum absolute atomic E-state index is 0.00268. The Bertz CT molecular complexity index is 705. The average molecular weight is 348 g/mol. The quantitative estimate of drug-likeness (QED) is 0.585. The summed E-state index contributed by atoms with van der Waals surface area (Å²) in [5, 5.41) is 11.9. The van der Waals surface area contributed by atoms with Crippen molar-refractivity contribution in [2.24, 2.45) is 5.92 Å². The molecule has 0 saturated heterocycles. The molecule has 2 heterocycles. The van der Waals surface area contributed by atoms with Crippen LogP contribution in [-0.2, 0) is 11.3 Å². The first kappa shape index (κ1) is 18.3. The first-order chi connectivity index (χ1) is 11.4. The minimum Gasteiger partial charge on any atom is -0.469 e. The molecule has 2 aromatic heterocycles. The standard InChI is InChI=1S/C17H24N4O2S/c1-6-8-21-15(14-7-9-23-12(14)4)19-20-17(21)24-13(5)16(22)18-10-11(2)3/h6-7,9,11,13H,1,8,10H2,2-5H3,(H,18,22). The number of thioether (sulfide) groups is 1. The molecule has 1 amide bonds. The second kappa shape index (κ2) is 8.19. The number of carbonyl (C=O) groups excluding carboxylic acids is 1. The van der Waals surface area contributed by atoms with E-state index in [1.54, 1.807) is 12.3 Å². The third-order valence-electron chi connectivity index (χ3n) is 3.46. The van der Waals surface area contributed by atoms with Crippen LogP contribution in [0.2, 0.25) is 0 Å². The highest BCUT2D eigenvalue weighted by atomic mass is 32.2. The number of rotatable bonds is 8. The van der Waals surface area contributed by atoms with Gasteiger partial charge in [-0.2, -0.15) is 0 Å². The van der Waals surface area contributed by atoms with Gasteiger partial charge >= 0.3 is 0 Å². The summed E-state index contributed by atoms with van der Waals surface area (Å²) < 4.78 is 7.30. The van der Waals surface area contributed by atoms with Gasteiger partial charge in [-0.1, -0.05) is 31.7 Å². The summed E-state index contributed by atoms with van der Waals surface area (Å²) in [6, 6.07) is 1.87. The van der Waals surface area contributed by atoms with Crippen molar-refractivity contribution in [3.63, 3.8) is 0 Å². The Hall–Kier alpha value is -2.02. The van der Waals surface area contributed by atoms with Gasteiger partial charge in [-0.3, -0.25) is 9.36 Å². The highest BCUT2D eigenvalue weighted by molar-refractivity contribution is 8.00. The van der Waals surface area contributed by atoms with Crippen LogP contribution in [0.5, 0.6) is 0 Å². The van der Waals surface area contributed by atoms with Crippen molar-refractivity contribution in [3.05, 3.63) is 30.7 Å². The SMILES string of the molecule is C=CCn1c(SC(C)C(=O)NCC(C)C)nnc1-c1ccoc1C. The molecular formula is C17H24N4O2S. The number of hydrogen-bond acceptors (Lipinski definition) is 5. The summed E-state index contributed by atoms with van der Waals surface area (Å²) in [4.78, 5) is 12.2. The fourth-order valence-electron chi connectivity index (χ4n) is 2.15. The van der Waals surface area contributed by atoms with Gasteiger partial charge in [0.1, 0.15) is 5.76 Å². The lowest BCUT2D eigenvalue weighted by Crippen LogP contribution is -2.33. The molecule has 1 unspecified atom stereocenters. The fourth-order valence-corrected chi connectivity index (χ4v) is 3.03.